The molecule has 2 heterocycles. The summed E-state index contributed by atoms with van der Waals surface area (Å²) in [7, 11) is 0. The lowest BCUT2D eigenvalue weighted by Gasteiger charge is -2.12. The van der Waals surface area contributed by atoms with Crippen LogP contribution in [0.15, 0.2) is 48.7 Å². The Morgan fingerprint density at radius 2 is 2.00 bits per heavy atom. The van der Waals surface area contributed by atoms with Gasteiger partial charge in [-0.15, -0.1) is 0 Å². The second kappa shape index (κ2) is 5.19. The molecule has 0 saturated carbocycles. The van der Waals surface area contributed by atoms with E-state index in [1.807, 2.05) is 37.3 Å². The normalized spacial score (nSPS) is 12.6. The van der Waals surface area contributed by atoms with Gasteiger partial charge in [0.2, 0.25) is 0 Å². The highest BCUT2D eigenvalue weighted by Crippen LogP contribution is 2.27. The standard InChI is InChI=1S/C16H13ClN2O/c1-10-4-5-11-9-12(6-7-14(11)19-10)16(20)15-13(17)3-2-8-18-15/h2-9,16,20H,1H3. The van der Waals surface area contributed by atoms with Crippen LogP contribution in [0.4, 0.5) is 0 Å². The SMILES string of the molecule is Cc1ccc2cc(C(O)c3ncccc3Cl)ccc2n1. The van der Waals surface area contributed by atoms with Crippen molar-refractivity contribution in [2.24, 2.45) is 0 Å². The average molecular weight is 285 g/mol. The fourth-order valence-electron chi connectivity index (χ4n) is 2.17. The van der Waals surface area contributed by atoms with Crippen LogP contribution in [-0.2, 0) is 0 Å². The number of halogens is 1. The third kappa shape index (κ3) is 2.38. The predicted octanol–water partition coefficient (Wildman–Crippen LogP) is 3.67. The van der Waals surface area contributed by atoms with Gasteiger partial charge in [0.15, 0.2) is 0 Å². The molecule has 2 aromatic heterocycles. The van der Waals surface area contributed by atoms with Gasteiger partial charge in [0.05, 0.1) is 16.2 Å². The Morgan fingerprint density at radius 1 is 1.15 bits per heavy atom. The molecule has 4 heteroatoms. The Balaban J connectivity index is 2.06. The van der Waals surface area contributed by atoms with Gasteiger partial charge in [-0.1, -0.05) is 23.7 Å². The summed E-state index contributed by atoms with van der Waals surface area (Å²) in [6.07, 6.45) is 0.783. The van der Waals surface area contributed by atoms with Crippen molar-refractivity contribution in [3.8, 4) is 0 Å². The molecule has 1 aromatic carbocycles. The molecule has 0 radical (unpaired) electrons. The fraction of sp³-hybridized carbons (Fsp3) is 0.125. The average Bonchev–Trinajstić information content (AvgIpc) is 2.46. The number of aliphatic hydroxyl groups is 1. The number of aliphatic hydroxyl groups excluding tert-OH is 1. The Morgan fingerprint density at radius 3 is 2.80 bits per heavy atom. The Bertz CT molecular complexity index is 773. The third-order valence-corrected chi connectivity index (χ3v) is 3.53. The summed E-state index contributed by atoms with van der Waals surface area (Å²) >= 11 is 6.07. The second-order valence-corrected chi connectivity index (χ2v) is 5.08. The van der Waals surface area contributed by atoms with Crippen LogP contribution in [0, 0.1) is 6.92 Å². The van der Waals surface area contributed by atoms with Gasteiger partial charge >= 0.3 is 0 Å². The van der Waals surface area contributed by atoms with Gasteiger partial charge in [-0.05, 0) is 42.8 Å². The van der Waals surface area contributed by atoms with Gasteiger partial charge in [-0.2, -0.15) is 0 Å². The van der Waals surface area contributed by atoms with Crippen LogP contribution in [-0.4, -0.2) is 15.1 Å². The molecule has 3 aromatic rings. The summed E-state index contributed by atoms with van der Waals surface area (Å²) in [4.78, 5) is 8.59. The smallest absolute Gasteiger partial charge is 0.122 e. The summed E-state index contributed by atoms with van der Waals surface area (Å²) in [6.45, 7) is 1.95. The number of aryl methyl sites for hydroxylation is 1. The van der Waals surface area contributed by atoms with Crippen molar-refractivity contribution < 1.29 is 5.11 Å². The lowest BCUT2D eigenvalue weighted by atomic mass is 10.0. The summed E-state index contributed by atoms with van der Waals surface area (Å²) in [5, 5.41) is 11.9. The van der Waals surface area contributed by atoms with E-state index in [9.17, 15) is 5.11 Å². The van der Waals surface area contributed by atoms with Crippen LogP contribution in [0.5, 0.6) is 0 Å². The Labute approximate surface area is 121 Å². The van der Waals surface area contributed by atoms with Crippen molar-refractivity contribution in [2.45, 2.75) is 13.0 Å². The molecule has 0 bridgehead atoms. The van der Waals surface area contributed by atoms with Crippen molar-refractivity contribution in [2.75, 3.05) is 0 Å². The molecule has 0 saturated heterocycles. The van der Waals surface area contributed by atoms with Gasteiger partial charge in [-0.3, -0.25) is 9.97 Å². The predicted molar refractivity (Wildman–Crippen MR) is 79.8 cm³/mol. The monoisotopic (exact) mass is 284 g/mol. The zero-order valence-electron chi connectivity index (χ0n) is 10.9. The molecule has 1 atom stereocenters. The molecule has 0 spiro atoms. The Kier molecular flexibility index (Phi) is 3.38. The molecule has 20 heavy (non-hydrogen) atoms. The van der Waals surface area contributed by atoms with Gasteiger partial charge in [-0.25, -0.2) is 0 Å². The third-order valence-electron chi connectivity index (χ3n) is 3.21. The molecule has 3 rings (SSSR count). The number of fused-ring (bicyclic) bond motifs is 1. The quantitative estimate of drug-likeness (QED) is 0.781. The van der Waals surface area contributed by atoms with E-state index in [2.05, 4.69) is 9.97 Å². The van der Waals surface area contributed by atoms with Crippen molar-refractivity contribution in [3.05, 3.63) is 70.6 Å². The number of aromatic nitrogens is 2. The van der Waals surface area contributed by atoms with Gasteiger partial charge in [0.25, 0.3) is 0 Å². The summed E-state index contributed by atoms with van der Waals surface area (Å²) in [6, 6.07) is 13.1. The first-order valence-electron chi connectivity index (χ1n) is 6.31. The zero-order chi connectivity index (χ0) is 14.1. The van der Waals surface area contributed by atoms with Gasteiger partial charge < -0.3 is 5.11 Å². The largest absolute Gasteiger partial charge is 0.382 e. The van der Waals surface area contributed by atoms with E-state index in [1.54, 1.807) is 18.3 Å². The van der Waals surface area contributed by atoms with Crippen LogP contribution in [0.1, 0.15) is 23.1 Å². The highest BCUT2D eigenvalue weighted by atomic mass is 35.5. The molecule has 0 fully saturated rings. The number of benzene rings is 1. The maximum Gasteiger partial charge on any atom is 0.122 e. The van der Waals surface area contributed by atoms with E-state index in [0.29, 0.717) is 10.7 Å². The van der Waals surface area contributed by atoms with Gasteiger partial charge in [0, 0.05) is 17.3 Å². The summed E-state index contributed by atoms with van der Waals surface area (Å²) < 4.78 is 0. The number of nitrogens with zero attached hydrogens (tertiary/aromatic N) is 2. The van der Waals surface area contributed by atoms with E-state index in [4.69, 9.17) is 11.6 Å². The molecule has 100 valence electrons. The second-order valence-electron chi connectivity index (χ2n) is 4.68. The minimum Gasteiger partial charge on any atom is -0.382 e. The number of hydrogen-bond acceptors (Lipinski definition) is 3. The minimum atomic E-state index is -0.839. The molecular formula is C16H13ClN2O. The first kappa shape index (κ1) is 13.0. The lowest BCUT2D eigenvalue weighted by molar-refractivity contribution is 0.215. The van der Waals surface area contributed by atoms with E-state index in [0.717, 1.165) is 22.2 Å². The number of pyridine rings is 2. The van der Waals surface area contributed by atoms with Crippen molar-refractivity contribution >= 4 is 22.5 Å². The molecule has 0 aliphatic rings. The maximum atomic E-state index is 10.4. The molecular weight excluding hydrogens is 272 g/mol. The zero-order valence-corrected chi connectivity index (χ0v) is 11.7. The van der Waals surface area contributed by atoms with Crippen LogP contribution in [0.2, 0.25) is 5.02 Å². The van der Waals surface area contributed by atoms with Crippen LogP contribution in [0.3, 0.4) is 0 Å². The molecule has 0 amide bonds. The number of hydrogen-bond donors (Lipinski definition) is 1. The van der Waals surface area contributed by atoms with Crippen molar-refractivity contribution in [1.82, 2.24) is 9.97 Å². The van der Waals surface area contributed by atoms with Gasteiger partial charge in [0.1, 0.15) is 6.10 Å². The highest BCUT2D eigenvalue weighted by molar-refractivity contribution is 6.31. The fourth-order valence-corrected chi connectivity index (χ4v) is 2.40. The topological polar surface area (TPSA) is 46.0 Å². The Hall–Kier alpha value is -1.97. The molecule has 0 aliphatic carbocycles. The van der Waals surface area contributed by atoms with E-state index >= 15 is 0 Å². The van der Waals surface area contributed by atoms with Crippen molar-refractivity contribution in [3.63, 3.8) is 0 Å². The van der Waals surface area contributed by atoms with Crippen molar-refractivity contribution in [1.29, 1.82) is 0 Å². The lowest BCUT2D eigenvalue weighted by Crippen LogP contribution is -2.03. The summed E-state index contributed by atoms with van der Waals surface area (Å²) in [5.41, 5.74) is 3.10. The summed E-state index contributed by atoms with van der Waals surface area (Å²) in [5.74, 6) is 0. The van der Waals surface area contributed by atoms with Crippen LogP contribution >= 0.6 is 11.6 Å². The van der Waals surface area contributed by atoms with E-state index < -0.39 is 6.10 Å². The maximum absolute atomic E-state index is 10.4. The van der Waals surface area contributed by atoms with E-state index in [1.165, 1.54) is 0 Å². The number of rotatable bonds is 2. The molecule has 1 N–H and O–H groups in total. The minimum absolute atomic E-state index is 0.460. The molecule has 3 nitrogen and oxygen atoms in total. The first-order chi connectivity index (χ1) is 9.65. The van der Waals surface area contributed by atoms with E-state index in [-0.39, 0.29) is 0 Å². The van der Waals surface area contributed by atoms with Crippen LogP contribution in [0.25, 0.3) is 10.9 Å². The molecule has 1 unspecified atom stereocenters. The van der Waals surface area contributed by atoms with Crippen LogP contribution < -0.4 is 0 Å². The first-order valence-corrected chi connectivity index (χ1v) is 6.69. The molecule has 0 aliphatic heterocycles. The highest BCUT2D eigenvalue weighted by Gasteiger charge is 2.15.